The highest BCUT2D eigenvalue weighted by Gasteiger charge is 2.42. The van der Waals surface area contributed by atoms with Crippen LogP contribution in [0.4, 0.5) is 9.18 Å². The summed E-state index contributed by atoms with van der Waals surface area (Å²) < 4.78 is 18.7. The van der Waals surface area contributed by atoms with Crippen LogP contribution in [-0.4, -0.2) is 60.8 Å². The van der Waals surface area contributed by atoms with E-state index in [1.807, 2.05) is 17.0 Å². The van der Waals surface area contributed by atoms with Crippen molar-refractivity contribution in [2.24, 2.45) is 5.92 Å². The molecule has 0 aliphatic carbocycles. The van der Waals surface area contributed by atoms with Crippen molar-refractivity contribution in [3.63, 3.8) is 0 Å². The van der Waals surface area contributed by atoms with E-state index in [1.165, 1.54) is 12.1 Å². The van der Waals surface area contributed by atoms with E-state index in [9.17, 15) is 9.18 Å². The third kappa shape index (κ3) is 5.39. The number of ether oxygens (including phenoxy) is 1. The maximum atomic E-state index is 13.2. The van der Waals surface area contributed by atoms with Gasteiger partial charge in [0.05, 0.1) is 19.3 Å². The van der Waals surface area contributed by atoms with Gasteiger partial charge in [0.15, 0.2) is 0 Å². The van der Waals surface area contributed by atoms with Crippen LogP contribution in [0.15, 0.2) is 48.5 Å². The van der Waals surface area contributed by atoms with Crippen LogP contribution in [0.1, 0.15) is 45.2 Å². The molecule has 2 aliphatic heterocycles. The molecule has 0 saturated carbocycles. The van der Waals surface area contributed by atoms with Crippen LogP contribution in [0, 0.1) is 11.7 Å². The van der Waals surface area contributed by atoms with E-state index in [0.29, 0.717) is 5.92 Å². The first kappa shape index (κ1) is 23.7. The number of carbonyl (C=O) groups excluding carboxylic acids is 1. The fourth-order valence-corrected chi connectivity index (χ4v) is 5.01. The normalized spacial score (nSPS) is 22.9. The minimum Gasteiger partial charge on any atom is -0.379 e. The standard InChI is InChI=1S/C27H36FN3O2/c1-20(2)27(12-14-30-16-18-33-19-17-30)13-15-31(26(32)29-27)21(3)22-4-6-23(7-5-22)24-8-10-25(28)11-9-24/h4-11,20-21H,12-19H2,1-3H3,(H,29,32). The highest BCUT2D eigenvalue weighted by molar-refractivity contribution is 5.77. The van der Waals surface area contributed by atoms with Gasteiger partial charge in [-0.25, -0.2) is 9.18 Å². The van der Waals surface area contributed by atoms with Crippen molar-refractivity contribution in [1.82, 2.24) is 15.1 Å². The molecule has 6 heteroatoms. The van der Waals surface area contributed by atoms with Gasteiger partial charge < -0.3 is 15.0 Å². The lowest BCUT2D eigenvalue weighted by atomic mass is 9.78. The second kappa shape index (κ2) is 10.2. The third-order valence-corrected chi connectivity index (χ3v) is 7.54. The van der Waals surface area contributed by atoms with Crippen molar-refractivity contribution in [1.29, 1.82) is 0 Å². The number of nitrogens with one attached hydrogen (secondary N) is 1. The van der Waals surface area contributed by atoms with E-state index in [1.54, 1.807) is 12.1 Å². The first-order chi connectivity index (χ1) is 15.9. The Bertz CT molecular complexity index is 925. The minimum absolute atomic E-state index is 0.0170. The zero-order chi connectivity index (χ0) is 23.4. The molecule has 2 atom stereocenters. The Balaban J connectivity index is 1.40. The van der Waals surface area contributed by atoms with Crippen molar-refractivity contribution >= 4 is 6.03 Å². The zero-order valence-corrected chi connectivity index (χ0v) is 20.0. The Morgan fingerprint density at radius 3 is 2.15 bits per heavy atom. The molecule has 178 valence electrons. The Morgan fingerprint density at radius 2 is 1.58 bits per heavy atom. The van der Waals surface area contributed by atoms with Gasteiger partial charge in [0.1, 0.15) is 5.82 Å². The molecule has 0 bridgehead atoms. The number of rotatable bonds is 7. The molecule has 2 aromatic carbocycles. The van der Waals surface area contributed by atoms with E-state index in [4.69, 9.17) is 4.74 Å². The van der Waals surface area contributed by atoms with Crippen molar-refractivity contribution in [3.8, 4) is 11.1 Å². The molecule has 2 fully saturated rings. The molecule has 2 heterocycles. The Kier molecular flexibility index (Phi) is 7.35. The molecule has 0 radical (unpaired) electrons. The minimum atomic E-state index is -0.234. The molecule has 1 N–H and O–H groups in total. The molecule has 4 rings (SSSR count). The molecular formula is C27H36FN3O2. The largest absolute Gasteiger partial charge is 0.379 e. The van der Waals surface area contributed by atoms with E-state index in [-0.39, 0.29) is 23.4 Å². The second-order valence-electron chi connectivity index (χ2n) is 9.69. The lowest BCUT2D eigenvalue weighted by Crippen LogP contribution is -2.63. The average Bonchev–Trinajstić information content (AvgIpc) is 2.83. The molecular weight excluding hydrogens is 417 g/mol. The quantitative estimate of drug-likeness (QED) is 0.635. The van der Waals surface area contributed by atoms with Gasteiger partial charge >= 0.3 is 6.03 Å². The maximum Gasteiger partial charge on any atom is 0.318 e. The van der Waals surface area contributed by atoms with E-state index in [0.717, 1.165) is 68.9 Å². The fraction of sp³-hybridized carbons (Fsp3) is 0.519. The van der Waals surface area contributed by atoms with E-state index < -0.39 is 0 Å². The Morgan fingerprint density at radius 1 is 0.970 bits per heavy atom. The summed E-state index contributed by atoms with van der Waals surface area (Å²) in [6, 6.07) is 14.8. The molecule has 2 amide bonds. The van der Waals surface area contributed by atoms with Crippen LogP contribution < -0.4 is 5.32 Å². The SMILES string of the molecule is CC(c1ccc(-c2ccc(F)cc2)cc1)N1CCC(CCN2CCOCC2)(C(C)C)NC1=O. The first-order valence-electron chi connectivity index (χ1n) is 12.1. The van der Waals surface area contributed by atoms with Gasteiger partial charge in [0, 0.05) is 31.7 Å². The van der Waals surface area contributed by atoms with Crippen LogP contribution in [0.5, 0.6) is 0 Å². The van der Waals surface area contributed by atoms with Gasteiger partial charge in [-0.05, 0) is 54.5 Å². The summed E-state index contributed by atoms with van der Waals surface area (Å²) >= 11 is 0. The molecule has 0 spiro atoms. The summed E-state index contributed by atoms with van der Waals surface area (Å²) in [5, 5.41) is 3.41. The highest BCUT2D eigenvalue weighted by Crippen LogP contribution is 2.33. The number of urea groups is 1. The second-order valence-corrected chi connectivity index (χ2v) is 9.69. The van der Waals surface area contributed by atoms with Crippen LogP contribution in [0.3, 0.4) is 0 Å². The van der Waals surface area contributed by atoms with Gasteiger partial charge in [0.25, 0.3) is 0 Å². The molecule has 2 unspecified atom stereocenters. The van der Waals surface area contributed by atoms with Crippen molar-refractivity contribution < 1.29 is 13.9 Å². The lowest BCUT2D eigenvalue weighted by molar-refractivity contribution is 0.0274. The zero-order valence-electron chi connectivity index (χ0n) is 20.0. The van der Waals surface area contributed by atoms with Gasteiger partial charge in [-0.2, -0.15) is 0 Å². The van der Waals surface area contributed by atoms with Gasteiger partial charge in [0.2, 0.25) is 0 Å². The van der Waals surface area contributed by atoms with Crippen LogP contribution in [0.2, 0.25) is 0 Å². The van der Waals surface area contributed by atoms with Gasteiger partial charge in [-0.15, -0.1) is 0 Å². The molecule has 2 aliphatic rings. The summed E-state index contributed by atoms with van der Waals surface area (Å²) in [6.45, 7) is 11.8. The summed E-state index contributed by atoms with van der Waals surface area (Å²) in [7, 11) is 0. The summed E-state index contributed by atoms with van der Waals surface area (Å²) in [5.74, 6) is 0.137. The number of morpholine rings is 1. The Labute approximate surface area is 196 Å². The summed E-state index contributed by atoms with van der Waals surface area (Å²) in [4.78, 5) is 17.6. The predicted octanol–water partition coefficient (Wildman–Crippen LogP) is 5.09. The van der Waals surface area contributed by atoms with Gasteiger partial charge in [-0.3, -0.25) is 4.90 Å². The lowest BCUT2D eigenvalue weighted by Gasteiger charge is -2.47. The van der Waals surface area contributed by atoms with Crippen LogP contribution >= 0.6 is 0 Å². The molecule has 33 heavy (non-hydrogen) atoms. The molecule has 5 nitrogen and oxygen atoms in total. The number of halogens is 1. The third-order valence-electron chi connectivity index (χ3n) is 7.54. The fourth-order valence-electron chi connectivity index (χ4n) is 5.01. The number of hydrogen-bond donors (Lipinski definition) is 1. The average molecular weight is 454 g/mol. The Hall–Kier alpha value is -2.44. The van der Waals surface area contributed by atoms with Gasteiger partial charge in [-0.1, -0.05) is 50.2 Å². The number of amides is 2. The summed E-state index contributed by atoms with van der Waals surface area (Å²) in [6.07, 6.45) is 1.91. The predicted molar refractivity (Wildman–Crippen MR) is 130 cm³/mol. The topological polar surface area (TPSA) is 44.8 Å². The van der Waals surface area contributed by atoms with Crippen molar-refractivity contribution in [2.45, 2.75) is 45.2 Å². The van der Waals surface area contributed by atoms with Crippen LogP contribution in [0.25, 0.3) is 11.1 Å². The van der Waals surface area contributed by atoms with E-state index >= 15 is 0 Å². The van der Waals surface area contributed by atoms with Crippen LogP contribution in [-0.2, 0) is 4.74 Å². The highest BCUT2D eigenvalue weighted by atomic mass is 19.1. The monoisotopic (exact) mass is 453 g/mol. The molecule has 2 aromatic rings. The summed E-state index contributed by atoms with van der Waals surface area (Å²) in [5.41, 5.74) is 2.95. The first-order valence-corrected chi connectivity index (χ1v) is 12.1. The smallest absolute Gasteiger partial charge is 0.318 e. The van der Waals surface area contributed by atoms with Crippen molar-refractivity contribution in [2.75, 3.05) is 39.4 Å². The maximum absolute atomic E-state index is 13.2. The number of nitrogens with zero attached hydrogens (tertiary/aromatic N) is 2. The number of carbonyl (C=O) groups is 1. The molecule has 2 saturated heterocycles. The number of benzene rings is 2. The van der Waals surface area contributed by atoms with E-state index in [2.05, 4.69) is 43.1 Å². The van der Waals surface area contributed by atoms with Crippen molar-refractivity contribution in [3.05, 3.63) is 59.9 Å². The molecule has 0 aromatic heterocycles. The number of hydrogen-bond acceptors (Lipinski definition) is 3.